The van der Waals surface area contributed by atoms with Crippen molar-refractivity contribution in [2.24, 2.45) is 10.9 Å². The van der Waals surface area contributed by atoms with Gasteiger partial charge in [-0.25, -0.2) is 0 Å². The summed E-state index contributed by atoms with van der Waals surface area (Å²) in [6, 6.07) is 9.28. The number of amidine groups is 1. The predicted molar refractivity (Wildman–Crippen MR) is 44.4 cm³/mol. The topological polar surface area (TPSA) is 47.6 Å². The van der Waals surface area contributed by atoms with Crippen molar-refractivity contribution in [3.8, 4) is 5.75 Å². The Kier molecular flexibility index (Phi) is 2.49. The zero-order valence-corrected chi connectivity index (χ0v) is 6.32. The summed E-state index contributed by atoms with van der Waals surface area (Å²) in [5.74, 6) is 1.10. The molecule has 1 aromatic rings. The standard InChI is InChI=1S/C8H10N2O/c1-7(9)10-11-8-5-3-2-4-6-8/h2-6H,1H3,(H2,9,10). The van der Waals surface area contributed by atoms with Crippen LogP contribution in [0.15, 0.2) is 35.5 Å². The highest BCUT2D eigenvalue weighted by Crippen LogP contribution is 2.07. The second-order valence-corrected chi connectivity index (χ2v) is 2.14. The van der Waals surface area contributed by atoms with Gasteiger partial charge in [0.25, 0.3) is 0 Å². The monoisotopic (exact) mass is 150 g/mol. The molecule has 1 rings (SSSR count). The van der Waals surface area contributed by atoms with Crippen molar-refractivity contribution < 1.29 is 4.84 Å². The fourth-order valence-electron chi connectivity index (χ4n) is 0.606. The van der Waals surface area contributed by atoms with E-state index in [2.05, 4.69) is 5.16 Å². The van der Waals surface area contributed by atoms with Gasteiger partial charge in [-0.1, -0.05) is 23.4 Å². The third-order valence-electron chi connectivity index (χ3n) is 1.04. The van der Waals surface area contributed by atoms with Crippen LogP contribution in [0.4, 0.5) is 0 Å². The minimum Gasteiger partial charge on any atom is -0.385 e. The molecule has 0 radical (unpaired) electrons. The fraction of sp³-hybridized carbons (Fsp3) is 0.125. The first kappa shape index (κ1) is 7.60. The lowest BCUT2D eigenvalue weighted by Crippen LogP contribution is -2.06. The maximum atomic E-state index is 5.27. The van der Waals surface area contributed by atoms with Crippen molar-refractivity contribution in [2.45, 2.75) is 6.92 Å². The van der Waals surface area contributed by atoms with Gasteiger partial charge >= 0.3 is 0 Å². The number of hydrogen-bond donors (Lipinski definition) is 1. The molecule has 2 N–H and O–H groups in total. The Bertz CT molecular complexity index is 240. The van der Waals surface area contributed by atoms with E-state index in [0.29, 0.717) is 11.6 Å². The third kappa shape index (κ3) is 2.71. The number of para-hydroxylation sites is 1. The number of nitrogens with two attached hydrogens (primary N) is 1. The van der Waals surface area contributed by atoms with E-state index in [-0.39, 0.29) is 0 Å². The van der Waals surface area contributed by atoms with E-state index < -0.39 is 0 Å². The van der Waals surface area contributed by atoms with E-state index in [1.807, 2.05) is 30.3 Å². The summed E-state index contributed by atoms with van der Waals surface area (Å²) < 4.78 is 0. The molecule has 0 aliphatic carbocycles. The highest BCUT2D eigenvalue weighted by Gasteiger charge is 1.87. The normalized spacial score (nSPS) is 11.2. The van der Waals surface area contributed by atoms with Crippen molar-refractivity contribution in [1.82, 2.24) is 0 Å². The van der Waals surface area contributed by atoms with Gasteiger partial charge in [0.1, 0.15) is 5.84 Å². The first-order valence-electron chi connectivity index (χ1n) is 3.31. The molecular weight excluding hydrogens is 140 g/mol. The second-order valence-electron chi connectivity index (χ2n) is 2.14. The Morgan fingerprint density at radius 1 is 1.36 bits per heavy atom. The number of hydrogen-bond acceptors (Lipinski definition) is 2. The zero-order chi connectivity index (χ0) is 8.10. The molecule has 1 aromatic carbocycles. The van der Waals surface area contributed by atoms with Gasteiger partial charge in [0.05, 0.1) is 0 Å². The van der Waals surface area contributed by atoms with Crippen LogP contribution in [-0.2, 0) is 0 Å². The smallest absolute Gasteiger partial charge is 0.158 e. The number of rotatable bonds is 2. The minimum absolute atomic E-state index is 0.411. The Balaban J connectivity index is 2.59. The molecule has 0 aliphatic heterocycles. The lowest BCUT2D eigenvalue weighted by Gasteiger charge is -1.96. The summed E-state index contributed by atoms with van der Waals surface area (Å²) in [6.45, 7) is 1.67. The Morgan fingerprint density at radius 3 is 2.55 bits per heavy atom. The zero-order valence-electron chi connectivity index (χ0n) is 6.32. The van der Waals surface area contributed by atoms with Crippen molar-refractivity contribution in [3.63, 3.8) is 0 Å². The van der Waals surface area contributed by atoms with E-state index in [9.17, 15) is 0 Å². The number of benzene rings is 1. The molecule has 0 amide bonds. The van der Waals surface area contributed by atoms with Gasteiger partial charge < -0.3 is 10.6 Å². The van der Waals surface area contributed by atoms with Gasteiger partial charge in [-0.15, -0.1) is 0 Å². The molecule has 0 fully saturated rings. The van der Waals surface area contributed by atoms with E-state index in [4.69, 9.17) is 10.6 Å². The summed E-state index contributed by atoms with van der Waals surface area (Å²) in [5, 5.41) is 3.59. The molecule has 0 unspecified atom stereocenters. The van der Waals surface area contributed by atoms with E-state index >= 15 is 0 Å². The summed E-state index contributed by atoms with van der Waals surface area (Å²) in [7, 11) is 0. The van der Waals surface area contributed by atoms with Crippen LogP contribution in [0.2, 0.25) is 0 Å². The highest BCUT2D eigenvalue weighted by atomic mass is 16.6. The molecule has 0 aliphatic rings. The first-order valence-corrected chi connectivity index (χ1v) is 3.31. The second kappa shape index (κ2) is 3.61. The molecule has 0 spiro atoms. The predicted octanol–water partition coefficient (Wildman–Crippen LogP) is 1.36. The summed E-state index contributed by atoms with van der Waals surface area (Å²) in [4.78, 5) is 4.93. The van der Waals surface area contributed by atoms with Crippen LogP contribution in [0, 0.1) is 0 Å². The molecule has 11 heavy (non-hydrogen) atoms. The molecule has 0 bridgehead atoms. The van der Waals surface area contributed by atoms with Gasteiger partial charge in [-0.3, -0.25) is 0 Å². The molecule has 0 atom stereocenters. The highest BCUT2D eigenvalue weighted by molar-refractivity contribution is 5.76. The van der Waals surface area contributed by atoms with Gasteiger partial charge in [0, 0.05) is 0 Å². The molecule has 0 saturated carbocycles. The Labute approximate surface area is 65.5 Å². The molecule has 0 saturated heterocycles. The fourth-order valence-corrected chi connectivity index (χ4v) is 0.606. The van der Waals surface area contributed by atoms with Crippen LogP contribution in [0.5, 0.6) is 5.75 Å². The summed E-state index contributed by atoms with van der Waals surface area (Å²) >= 11 is 0. The van der Waals surface area contributed by atoms with Crippen LogP contribution < -0.4 is 10.6 Å². The summed E-state index contributed by atoms with van der Waals surface area (Å²) in [6.07, 6.45) is 0. The lowest BCUT2D eigenvalue weighted by molar-refractivity contribution is 0.340. The Morgan fingerprint density at radius 2 is 2.00 bits per heavy atom. The molecule has 58 valence electrons. The minimum atomic E-state index is 0.411. The van der Waals surface area contributed by atoms with Crippen LogP contribution in [0.3, 0.4) is 0 Å². The lowest BCUT2D eigenvalue weighted by atomic mass is 10.3. The maximum absolute atomic E-state index is 5.27. The van der Waals surface area contributed by atoms with Gasteiger partial charge in [0.2, 0.25) is 0 Å². The van der Waals surface area contributed by atoms with Crippen LogP contribution in [0.1, 0.15) is 6.92 Å². The molecule has 3 nitrogen and oxygen atoms in total. The molecule has 3 heteroatoms. The van der Waals surface area contributed by atoms with Crippen LogP contribution in [-0.4, -0.2) is 5.84 Å². The van der Waals surface area contributed by atoms with Crippen LogP contribution in [0.25, 0.3) is 0 Å². The number of nitrogens with zero attached hydrogens (tertiary/aromatic N) is 1. The average Bonchev–Trinajstić information content (AvgIpc) is 2.03. The van der Waals surface area contributed by atoms with Gasteiger partial charge in [0.15, 0.2) is 5.75 Å². The van der Waals surface area contributed by atoms with E-state index in [0.717, 1.165) is 0 Å². The quantitative estimate of drug-likeness (QED) is 0.393. The average molecular weight is 150 g/mol. The summed E-state index contributed by atoms with van der Waals surface area (Å²) in [5.41, 5.74) is 5.27. The van der Waals surface area contributed by atoms with Crippen LogP contribution >= 0.6 is 0 Å². The van der Waals surface area contributed by atoms with Crippen molar-refractivity contribution in [2.75, 3.05) is 0 Å². The Hall–Kier alpha value is -1.51. The molecule has 0 heterocycles. The van der Waals surface area contributed by atoms with Gasteiger partial charge in [-0.2, -0.15) is 0 Å². The van der Waals surface area contributed by atoms with Crippen molar-refractivity contribution in [3.05, 3.63) is 30.3 Å². The SMILES string of the molecule is C/C(N)=N/Oc1ccccc1. The first-order chi connectivity index (χ1) is 5.29. The van der Waals surface area contributed by atoms with Gasteiger partial charge in [-0.05, 0) is 19.1 Å². The van der Waals surface area contributed by atoms with E-state index in [1.54, 1.807) is 6.92 Å². The van der Waals surface area contributed by atoms with Crippen molar-refractivity contribution >= 4 is 5.84 Å². The molecule has 0 aromatic heterocycles. The largest absolute Gasteiger partial charge is 0.385 e. The number of oxime groups is 1. The van der Waals surface area contributed by atoms with E-state index in [1.165, 1.54) is 0 Å². The molecular formula is C8H10N2O. The van der Waals surface area contributed by atoms with Crippen molar-refractivity contribution in [1.29, 1.82) is 0 Å². The maximum Gasteiger partial charge on any atom is 0.158 e. The third-order valence-corrected chi connectivity index (χ3v) is 1.04.